The van der Waals surface area contributed by atoms with E-state index in [0.717, 1.165) is 15.9 Å². The molecular weight excluding hydrogens is 460 g/mol. The van der Waals surface area contributed by atoms with E-state index in [1.165, 1.54) is 6.07 Å². The van der Waals surface area contributed by atoms with Crippen LogP contribution in [0.2, 0.25) is 0 Å². The molecule has 0 unspecified atom stereocenters. The minimum absolute atomic E-state index is 0.104. The summed E-state index contributed by atoms with van der Waals surface area (Å²) in [5.41, 5.74) is 2.22. The summed E-state index contributed by atoms with van der Waals surface area (Å²) in [7, 11) is 1.57. The lowest BCUT2D eigenvalue weighted by molar-refractivity contribution is -0.384. The third-order valence-electron chi connectivity index (χ3n) is 6.24. The van der Waals surface area contributed by atoms with Crippen molar-refractivity contribution < 1.29 is 14.4 Å². The van der Waals surface area contributed by atoms with Gasteiger partial charge in [-0.1, -0.05) is 30.9 Å². The number of anilines is 1. The number of hydrogen-bond acceptors (Lipinski definition) is 7. The SMILES string of the molecule is C=Cc1cc(OC)cc(-c2nn(-c3cc(N4CCOCC4)ccc3[N+](=O)[O-])c(=O)c3ccccc23)c1. The van der Waals surface area contributed by atoms with Gasteiger partial charge < -0.3 is 14.4 Å². The third-order valence-corrected chi connectivity index (χ3v) is 6.24. The van der Waals surface area contributed by atoms with Crippen LogP contribution in [0.3, 0.4) is 0 Å². The Labute approximate surface area is 207 Å². The van der Waals surface area contributed by atoms with E-state index in [9.17, 15) is 14.9 Å². The van der Waals surface area contributed by atoms with Crippen molar-refractivity contribution in [2.45, 2.75) is 0 Å². The van der Waals surface area contributed by atoms with Gasteiger partial charge in [0.2, 0.25) is 0 Å². The number of methoxy groups -OCH3 is 1. The van der Waals surface area contributed by atoms with Crippen LogP contribution in [0.4, 0.5) is 11.4 Å². The number of benzene rings is 3. The number of rotatable bonds is 6. The maximum atomic E-state index is 13.6. The molecule has 1 aromatic heterocycles. The molecule has 0 radical (unpaired) electrons. The largest absolute Gasteiger partial charge is 0.497 e. The second-order valence-corrected chi connectivity index (χ2v) is 8.34. The lowest BCUT2D eigenvalue weighted by Crippen LogP contribution is -2.36. The maximum Gasteiger partial charge on any atom is 0.295 e. The zero-order valence-electron chi connectivity index (χ0n) is 19.7. The number of nitro groups is 1. The standard InChI is InChI=1S/C27H24N4O5/c1-3-18-14-19(16-21(15-18)35-2)26-22-6-4-5-7-23(22)27(32)30(28-26)25-17-20(8-9-24(25)31(33)34)29-10-12-36-13-11-29/h3-9,14-17H,1,10-13H2,2H3. The summed E-state index contributed by atoms with van der Waals surface area (Å²) >= 11 is 0. The van der Waals surface area contributed by atoms with Crippen LogP contribution in [0.1, 0.15) is 5.56 Å². The van der Waals surface area contributed by atoms with Crippen LogP contribution in [0.25, 0.3) is 33.8 Å². The predicted octanol–water partition coefficient (Wildman–Crippen LogP) is 4.45. The van der Waals surface area contributed by atoms with E-state index < -0.39 is 10.5 Å². The van der Waals surface area contributed by atoms with Crippen LogP contribution in [0, 0.1) is 10.1 Å². The highest BCUT2D eigenvalue weighted by Crippen LogP contribution is 2.32. The highest BCUT2D eigenvalue weighted by Gasteiger charge is 2.23. The van der Waals surface area contributed by atoms with Crippen LogP contribution in [0.5, 0.6) is 5.75 Å². The number of nitro benzene ring substituents is 1. The van der Waals surface area contributed by atoms with Gasteiger partial charge in [-0.25, -0.2) is 0 Å². The molecule has 0 saturated carbocycles. The van der Waals surface area contributed by atoms with Gasteiger partial charge in [0.05, 0.1) is 36.3 Å². The molecule has 0 N–H and O–H groups in total. The van der Waals surface area contributed by atoms with E-state index in [2.05, 4.69) is 16.6 Å². The van der Waals surface area contributed by atoms with E-state index in [0.29, 0.717) is 54.1 Å². The molecule has 182 valence electrons. The van der Waals surface area contributed by atoms with Gasteiger partial charge in [-0.05, 0) is 42.0 Å². The highest BCUT2D eigenvalue weighted by atomic mass is 16.6. The summed E-state index contributed by atoms with van der Waals surface area (Å²) in [5, 5.41) is 17.7. The second-order valence-electron chi connectivity index (χ2n) is 8.34. The molecule has 0 amide bonds. The molecule has 4 aromatic rings. The summed E-state index contributed by atoms with van der Waals surface area (Å²) < 4.78 is 12.0. The normalized spacial score (nSPS) is 13.5. The van der Waals surface area contributed by atoms with Gasteiger partial charge >= 0.3 is 0 Å². The van der Waals surface area contributed by atoms with Crippen molar-refractivity contribution in [1.29, 1.82) is 0 Å². The Bertz CT molecular complexity index is 1540. The molecule has 1 aliphatic rings. The average molecular weight is 485 g/mol. The van der Waals surface area contributed by atoms with Crippen molar-refractivity contribution in [2.75, 3.05) is 38.3 Å². The molecular formula is C27H24N4O5. The van der Waals surface area contributed by atoms with Gasteiger partial charge in [-0.15, -0.1) is 0 Å². The highest BCUT2D eigenvalue weighted by molar-refractivity contribution is 5.94. The molecule has 2 heterocycles. The van der Waals surface area contributed by atoms with Crippen molar-refractivity contribution in [1.82, 2.24) is 9.78 Å². The molecule has 1 saturated heterocycles. The van der Waals surface area contributed by atoms with E-state index in [-0.39, 0.29) is 11.4 Å². The van der Waals surface area contributed by atoms with Crippen LogP contribution < -0.4 is 15.2 Å². The number of fused-ring (bicyclic) bond motifs is 1. The summed E-state index contributed by atoms with van der Waals surface area (Å²) in [4.78, 5) is 27.2. The summed E-state index contributed by atoms with van der Waals surface area (Å²) in [5.74, 6) is 0.603. The van der Waals surface area contributed by atoms with Crippen molar-refractivity contribution in [3.05, 3.63) is 93.3 Å². The Morgan fingerprint density at radius 1 is 1.08 bits per heavy atom. The molecule has 5 rings (SSSR count). The van der Waals surface area contributed by atoms with Crippen LogP contribution in [-0.4, -0.2) is 48.1 Å². The topological polar surface area (TPSA) is 99.7 Å². The minimum Gasteiger partial charge on any atom is -0.497 e. The molecule has 0 aliphatic carbocycles. The molecule has 9 heteroatoms. The van der Waals surface area contributed by atoms with Gasteiger partial charge in [-0.3, -0.25) is 14.9 Å². The summed E-state index contributed by atoms with van der Waals surface area (Å²) in [6.07, 6.45) is 1.70. The van der Waals surface area contributed by atoms with Crippen molar-refractivity contribution in [2.24, 2.45) is 0 Å². The van der Waals surface area contributed by atoms with Crippen molar-refractivity contribution in [3.8, 4) is 22.7 Å². The molecule has 1 aliphatic heterocycles. The van der Waals surface area contributed by atoms with Crippen LogP contribution in [-0.2, 0) is 4.74 Å². The molecule has 1 fully saturated rings. The first-order valence-electron chi connectivity index (χ1n) is 11.5. The van der Waals surface area contributed by atoms with Gasteiger partial charge in [0.15, 0.2) is 0 Å². The zero-order chi connectivity index (χ0) is 25.2. The average Bonchev–Trinajstić information content (AvgIpc) is 2.93. The Balaban J connectivity index is 1.80. The molecule has 3 aromatic carbocycles. The van der Waals surface area contributed by atoms with Gasteiger partial charge in [-0.2, -0.15) is 9.78 Å². The lowest BCUT2D eigenvalue weighted by atomic mass is 10.0. The number of nitrogens with zero attached hydrogens (tertiary/aromatic N) is 4. The number of morpholine rings is 1. The lowest BCUT2D eigenvalue weighted by Gasteiger charge is -2.29. The maximum absolute atomic E-state index is 13.6. The minimum atomic E-state index is -0.497. The molecule has 0 spiro atoms. The predicted molar refractivity (Wildman–Crippen MR) is 139 cm³/mol. The molecule has 9 nitrogen and oxygen atoms in total. The van der Waals surface area contributed by atoms with Gasteiger partial charge in [0, 0.05) is 35.8 Å². The molecule has 0 atom stereocenters. The first kappa shape index (κ1) is 23.3. The zero-order valence-corrected chi connectivity index (χ0v) is 19.7. The Kier molecular flexibility index (Phi) is 6.22. The number of hydrogen-bond donors (Lipinski definition) is 0. The first-order chi connectivity index (χ1) is 17.5. The van der Waals surface area contributed by atoms with Crippen molar-refractivity contribution in [3.63, 3.8) is 0 Å². The summed E-state index contributed by atoms with van der Waals surface area (Å²) in [6, 6.07) is 17.4. The Hall–Kier alpha value is -4.50. The fraction of sp³-hybridized carbons (Fsp3) is 0.185. The molecule has 0 bridgehead atoms. The fourth-order valence-corrected chi connectivity index (χ4v) is 4.41. The van der Waals surface area contributed by atoms with E-state index in [4.69, 9.17) is 9.47 Å². The fourth-order valence-electron chi connectivity index (χ4n) is 4.41. The van der Waals surface area contributed by atoms with E-state index in [1.807, 2.05) is 30.3 Å². The number of aromatic nitrogens is 2. The monoisotopic (exact) mass is 484 g/mol. The van der Waals surface area contributed by atoms with Gasteiger partial charge in [0.25, 0.3) is 11.2 Å². The van der Waals surface area contributed by atoms with Crippen LogP contribution in [0.15, 0.2) is 72.0 Å². The third kappa shape index (κ3) is 4.20. The summed E-state index contributed by atoms with van der Waals surface area (Å²) in [6.45, 7) is 6.27. The number of ether oxygens (including phenoxy) is 2. The first-order valence-corrected chi connectivity index (χ1v) is 11.5. The van der Waals surface area contributed by atoms with Crippen LogP contribution >= 0.6 is 0 Å². The van der Waals surface area contributed by atoms with E-state index >= 15 is 0 Å². The second kappa shape index (κ2) is 9.63. The Morgan fingerprint density at radius 3 is 2.53 bits per heavy atom. The quantitative estimate of drug-likeness (QED) is 0.294. The Morgan fingerprint density at radius 2 is 1.83 bits per heavy atom. The van der Waals surface area contributed by atoms with Gasteiger partial charge in [0.1, 0.15) is 11.4 Å². The smallest absolute Gasteiger partial charge is 0.295 e. The van der Waals surface area contributed by atoms with E-state index in [1.54, 1.807) is 37.5 Å². The molecule has 36 heavy (non-hydrogen) atoms. The van der Waals surface area contributed by atoms with Crippen molar-refractivity contribution >= 4 is 28.2 Å².